The van der Waals surface area contributed by atoms with E-state index in [-0.39, 0.29) is 31.6 Å². The van der Waals surface area contributed by atoms with Gasteiger partial charge in [0.15, 0.2) is 0 Å². The summed E-state index contributed by atoms with van der Waals surface area (Å²) < 4.78 is 9.73. The SMILES string of the molecule is CCCCCCCCCCCCCCCC(=O)NCCCC(CO)CO[P+](O)(O)OCC. The molecule has 0 bridgehead atoms. The zero-order chi connectivity index (χ0) is 23.9. The molecule has 8 heteroatoms. The van der Waals surface area contributed by atoms with Crippen molar-refractivity contribution in [1.82, 2.24) is 5.32 Å². The molecule has 0 aromatic carbocycles. The van der Waals surface area contributed by atoms with E-state index >= 15 is 0 Å². The van der Waals surface area contributed by atoms with Crippen molar-refractivity contribution < 1.29 is 28.7 Å². The standard InChI is InChI=1S/C24H50NO6P/c1-3-5-6-7-8-9-10-11-12-13-14-15-16-19-24(27)25-20-17-18-23(21-26)22-31-32(28,29)30-4-2/h23,26,28-29H,3-22H2,1-2H3/p+1. The van der Waals surface area contributed by atoms with Gasteiger partial charge in [0, 0.05) is 25.5 Å². The van der Waals surface area contributed by atoms with Crippen molar-refractivity contribution in [3.63, 3.8) is 0 Å². The third kappa shape index (κ3) is 21.5. The number of carbonyl (C=O) groups excluding carboxylic acids is 1. The third-order valence-electron chi connectivity index (χ3n) is 5.65. The molecule has 0 saturated heterocycles. The molecular formula is C24H51NO6P+. The Hall–Kier alpha value is -0.300. The van der Waals surface area contributed by atoms with Crippen LogP contribution in [-0.2, 0) is 13.8 Å². The maximum atomic E-state index is 11.9. The lowest BCUT2D eigenvalue weighted by Gasteiger charge is -2.15. The molecule has 1 unspecified atom stereocenters. The highest BCUT2D eigenvalue weighted by Gasteiger charge is 2.39. The number of rotatable bonds is 24. The zero-order valence-electron chi connectivity index (χ0n) is 20.7. The largest absolute Gasteiger partial charge is 0.569 e. The van der Waals surface area contributed by atoms with Crippen LogP contribution in [-0.4, -0.2) is 47.2 Å². The Labute approximate surface area is 197 Å². The molecule has 0 fully saturated rings. The molecule has 0 aromatic rings. The van der Waals surface area contributed by atoms with Gasteiger partial charge in [0.2, 0.25) is 5.91 Å². The van der Waals surface area contributed by atoms with Crippen molar-refractivity contribution in [2.45, 2.75) is 117 Å². The molecule has 192 valence electrons. The van der Waals surface area contributed by atoms with E-state index in [2.05, 4.69) is 12.2 Å². The lowest BCUT2D eigenvalue weighted by atomic mass is 10.0. The first kappa shape index (κ1) is 31.7. The fourth-order valence-electron chi connectivity index (χ4n) is 3.65. The average molecular weight is 481 g/mol. The number of amides is 1. The van der Waals surface area contributed by atoms with E-state index in [1.54, 1.807) is 6.92 Å². The molecule has 0 aliphatic carbocycles. The summed E-state index contributed by atoms with van der Waals surface area (Å²) in [7, 11) is -3.78. The first-order valence-corrected chi connectivity index (χ1v) is 14.5. The van der Waals surface area contributed by atoms with E-state index in [1.165, 1.54) is 70.6 Å². The molecule has 0 aliphatic rings. The molecule has 0 aromatic heterocycles. The van der Waals surface area contributed by atoms with Gasteiger partial charge in [-0.25, -0.2) is 0 Å². The van der Waals surface area contributed by atoms with E-state index in [9.17, 15) is 19.7 Å². The van der Waals surface area contributed by atoms with Gasteiger partial charge in [-0.3, -0.25) is 4.79 Å². The number of carbonyl (C=O) groups is 1. The van der Waals surface area contributed by atoms with Gasteiger partial charge < -0.3 is 10.4 Å². The highest BCUT2D eigenvalue weighted by Crippen LogP contribution is 2.52. The molecule has 1 amide bonds. The third-order valence-corrected chi connectivity index (χ3v) is 6.73. The van der Waals surface area contributed by atoms with Gasteiger partial charge >= 0.3 is 8.17 Å². The van der Waals surface area contributed by atoms with Crippen LogP contribution in [0.3, 0.4) is 0 Å². The Kier molecular flexibility index (Phi) is 22.3. The minimum absolute atomic E-state index is 0.0180. The Balaban J connectivity index is 3.49. The van der Waals surface area contributed by atoms with Crippen molar-refractivity contribution in [3.8, 4) is 0 Å². The van der Waals surface area contributed by atoms with Crippen LogP contribution >= 0.6 is 8.17 Å². The van der Waals surface area contributed by atoms with Gasteiger partial charge in [0.05, 0.1) is 6.61 Å². The first-order valence-electron chi connectivity index (χ1n) is 13.0. The molecule has 0 rings (SSSR count). The topological polar surface area (TPSA) is 108 Å². The predicted octanol–water partition coefficient (Wildman–Crippen LogP) is 5.69. The lowest BCUT2D eigenvalue weighted by molar-refractivity contribution is -0.121. The van der Waals surface area contributed by atoms with Crippen LogP contribution in [0.4, 0.5) is 0 Å². The quantitative estimate of drug-likeness (QED) is 0.104. The summed E-state index contributed by atoms with van der Waals surface area (Å²) in [6.45, 7) is 4.51. The monoisotopic (exact) mass is 480 g/mol. The van der Waals surface area contributed by atoms with Gasteiger partial charge in [-0.15, -0.1) is 0 Å². The van der Waals surface area contributed by atoms with Crippen LogP contribution < -0.4 is 5.32 Å². The second-order valence-corrected chi connectivity index (χ2v) is 10.2. The predicted molar refractivity (Wildman–Crippen MR) is 132 cm³/mol. The molecule has 1 atom stereocenters. The highest BCUT2D eigenvalue weighted by molar-refractivity contribution is 7.54. The van der Waals surface area contributed by atoms with Crippen LogP contribution in [0.25, 0.3) is 0 Å². The summed E-state index contributed by atoms with van der Waals surface area (Å²) in [5, 5.41) is 12.3. The van der Waals surface area contributed by atoms with Crippen molar-refractivity contribution in [2.24, 2.45) is 5.92 Å². The zero-order valence-corrected chi connectivity index (χ0v) is 21.6. The number of hydrogen-bond acceptors (Lipinski definition) is 6. The Bertz CT molecular complexity index is 425. The Morgan fingerprint density at radius 1 is 0.812 bits per heavy atom. The first-order chi connectivity index (χ1) is 15.4. The van der Waals surface area contributed by atoms with E-state index in [1.807, 2.05) is 0 Å². The van der Waals surface area contributed by atoms with Crippen molar-refractivity contribution in [2.75, 3.05) is 26.4 Å². The van der Waals surface area contributed by atoms with Crippen LogP contribution in [0.5, 0.6) is 0 Å². The minimum Gasteiger partial charge on any atom is -0.396 e. The summed E-state index contributed by atoms with van der Waals surface area (Å²) in [6.07, 6.45) is 18.7. The van der Waals surface area contributed by atoms with Crippen LogP contribution in [0.15, 0.2) is 0 Å². The molecule has 0 aliphatic heterocycles. The van der Waals surface area contributed by atoms with Crippen LogP contribution in [0.1, 0.15) is 117 Å². The Morgan fingerprint density at radius 2 is 1.34 bits per heavy atom. The number of hydrogen-bond donors (Lipinski definition) is 4. The summed E-state index contributed by atoms with van der Waals surface area (Å²) in [5.41, 5.74) is 0. The van der Waals surface area contributed by atoms with E-state index in [4.69, 9.17) is 9.05 Å². The molecular weight excluding hydrogens is 429 g/mol. The summed E-state index contributed by atoms with van der Waals surface area (Å²) in [6, 6.07) is 0. The molecule has 32 heavy (non-hydrogen) atoms. The van der Waals surface area contributed by atoms with E-state index in [0.717, 1.165) is 12.8 Å². The van der Waals surface area contributed by atoms with E-state index in [0.29, 0.717) is 25.8 Å². The summed E-state index contributed by atoms with van der Waals surface area (Å²) in [4.78, 5) is 30.9. The van der Waals surface area contributed by atoms with Crippen LogP contribution in [0.2, 0.25) is 0 Å². The normalized spacial score (nSPS) is 12.8. The summed E-state index contributed by atoms with van der Waals surface area (Å²) in [5.74, 6) is -0.135. The van der Waals surface area contributed by atoms with Crippen molar-refractivity contribution in [3.05, 3.63) is 0 Å². The van der Waals surface area contributed by atoms with Gasteiger partial charge in [-0.2, -0.15) is 18.8 Å². The molecule has 0 heterocycles. The molecule has 0 spiro atoms. The van der Waals surface area contributed by atoms with Gasteiger partial charge in [-0.1, -0.05) is 84.0 Å². The van der Waals surface area contributed by atoms with Crippen molar-refractivity contribution in [1.29, 1.82) is 0 Å². The fraction of sp³-hybridized carbons (Fsp3) is 0.958. The van der Waals surface area contributed by atoms with Gasteiger partial charge in [0.1, 0.15) is 6.61 Å². The second kappa shape index (κ2) is 22.5. The summed E-state index contributed by atoms with van der Waals surface area (Å²) >= 11 is 0. The van der Waals surface area contributed by atoms with Crippen LogP contribution in [0, 0.1) is 5.92 Å². The van der Waals surface area contributed by atoms with Gasteiger partial charge in [0.25, 0.3) is 0 Å². The molecule has 4 N–H and O–H groups in total. The number of aliphatic hydroxyl groups excluding tert-OH is 1. The second-order valence-electron chi connectivity index (χ2n) is 8.74. The number of nitrogens with one attached hydrogen (secondary N) is 1. The lowest BCUT2D eigenvalue weighted by Crippen LogP contribution is -2.25. The number of aliphatic hydroxyl groups is 1. The fourth-order valence-corrected chi connectivity index (χ4v) is 4.46. The maximum Gasteiger partial charge on any atom is 0.569 e. The van der Waals surface area contributed by atoms with Gasteiger partial charge in [-0.05, 0) is 26.2 Å². The molecule has 0 saturated carbocycles. The highest BCUT2D eigenvalue weighted by atomic mass is 31.2. The maximum absolute atomic E-state index is 11.9. The Morgan fingerprint density at radius 3 is 1.84 bits per heavy atom. The number of unbranched alkanes of at least 4 members (excludes halogenated alkanes) is 12. The van der Waals surface area contributed by atoms with Crippen molar-refractivity contribution >= 4 is 14.1 Å². The molecule has 0 radical (unpaired) electrons. The van der Waals surface area contributed by atoms with E-state index < -0.39 is 8.17 Å². The smallest absolute Gasteiger partial charge is 0.396 e. The molecule has 7 nitrogen and oxygen atoms in total. The minimum atomic E-state index is -3.78. The average Bonchev–Trinajstić information content (AvgIpc) is 2.76.